The third kappa shape index (κ3) is 3.55. The van der Waals surface area contributed by atoms with Crippen LogP contribution in [-0.4, -0.2) is 26.6 Å². The van der Waals surface area contributed by atoms with E-state index in [9.17, 15) is 4.79 Å². The van der Waals surface area contributed by atoms with Crippen molar-refractivity contribution in [2.24, 2.45) is 0 Å². The van der Waals surface area contributed by atoms with Crippen LogP contribution in [-0.2, 0) is 28.9 Å². The Hall–Kier alpha value is -2.59. The molecule has 3 aromatic rings. The Morgan fingerprint density at radius 3 is 2.50 bits per heavy atom. The van der Waals surface area contributed by atoms with Crippen LogP contribution >= 0.6 is 0 Å². The molecule has 32 heavy (non-hydrogen) atoms. The van der Waals surface area contributed by atoms with Crippen molar-refractivity contribution in [1.82, 2.24) is 10.0 Å². The van der Waals surface area contributed by atoms with Crippen LogP contribution in [0.25, 0.3) is 5.70 Å². The number of aryl methyl sites for hydroxylation is 1. The number of benzene rings is 2. The molecule has 5 nitrogen and oxygen atoms in total. The summed E-state index contributed by atoms with van der Waals surface area (Å²) in [4.78, 5) is 13.5. The Morgan fingerprint density at radius 2 is 1.84 bits per heavy atom. The standard InChI is InChI=1S/C26H24N2O3.W/c1-3-30-17-21-25(20-13-11-18(2)12-14-20)28-24(29)16-22(19-8-5-4-6-9-19)27(28)26(21)23-10-7-15-31-23;/h4-15,22,26H,3,16H2,1-2H3;/t22-,26+;/m0./s1. The fraction of sp³-hybridized carbons (Fsp3) is 0.231. The van der Waals surface area contributed by atoms with Gasteiger partial charge in [0.15, 0.2) is 0 Å². The molecule has 2 aliphatic rings. The minimum absolute atomic E-state index is 0.0822. The number of rotatable bonds is 6. The molecule has 6 heteroatoms. The maximum absolute atomic E-state index is 13.5. The first-order valence-corrected chi connectivity index (χ1v) is 12.2. The molecule has 1 saturated heterocycles. The van der Waals surface area contributed by atoms with Gasteiger partial charge >= 0.3 is 199 Å². The van der Waals surface area contributed by atoms with Gasteiger partial charge in [-0.2, -0.15) is 0 Å². The number of hydrogen-bond acceptors (Lipinski definition) is 4. The molecule has 0 saturated carbocycles. The SMILES string of the molecule is CCO[C](=[W])C1=C(c2ccc(C)cc2)N2C(=O)C[C@@H](c3ccccc3)N2[C@H]1c1ccco1. The van der Waals surface area contributed by atoms with Crippen LogP contribution in [0.4, 0.5) is 0 Å². The fourth-order valence-corrected chi connectivity index (χ4v) is 5.77. The van der Waals surface area contributed by atoms with Gasteiger partial charge in [-0.3, -0.25) is 0 Å². The summed E-state index contributed by atoms with van der Waals surface area (Å²) in [5.41, 5.74) is 5.21. The molecule has 1 fully saturated rings. The molecule has 2 aromatic carbocycles. The Bertz CT molecular complexity index is 1170. The predicted octanol–water partition coefficient (Wildman–Crippen LogP) is 4.96. The second kappa shape index (κ2) is 8.74. The molecule has 2 aliphatic heterocycles. The Balaban J connectivity index is 1.74. The van der Waals surface area contributed by atoms with Crippen molar-refractivity contribution in [2.75, 3.05) is 6.61 Å². The van der Waals surface area contributed by atoms with Gasteiger partial charge < -0.3 is 0 Å². The maximum atomic E-state index is 13.5. The second-order valence-corrected chi connectivity index (χ2v) is 9.32. The van der Waals surface area contributed by atoms with E-state index in [-0.39, 0.29) is 18.0 Å². The molecular formula is C26H24N2O3W. The summed E-state index contributed by atoms with van der Waals surface area (Å²) < 4.78 is 12.9. The number of amides is 1. The molecule has 0 unspecified atom stereocenters. The first kappa shape index (κ1) is 21.3. The van der Waals surface area contributed by atoms with Gasteiger partial charge in [0.05, 0.1) is 0 Å². The molecule has 3 heterocycles. The van der Waals surface area contributed by atoms with Crippen LogP contribution in [0.1, 0.15) is 47.9 Å². The van der Waals surface area contributed by atoms with Gasteiger partial charge in [-0.15, -0.1) is 0 Å². The number of nitrogens with zero attached hydrogens (tertiary/aromatic N) is 2. The van der Waals surface area contributed by atoms with Crippen molar-refractivity contribution in [3.63, 3.8) is 0 Å². The zero-order chi connectivity index (χ0) is 22.2. The van der Waals surface area contributed by atoms with E-state index in [0.717, 1.165) is 32.2 Å². The normalized spacial score (nSPS) is 20.8. The van der Waals surface area contributed by atoms with Gasteiger partial charge in [0.2, 0.25) is 0 Å². The van der Waals surface area contributed by atoms with Gasteiger partial charge in [-0.25, -0.2) is 0 Å². The summed E-state index contributed by atoms with van der Waals surface area (Å²) in [6.45, 7) is 4.63. The van der Waals surface area contributed by atoms with E-state index in [2.05, 4.69) is 48.3 Å². The Morgan fingerprint density at radius 1 is 1.09 bits per heavy atom. The van der Waals surface area contributed by atoms with Crippen molar-refractivity contribution in [2.45, 2.75) is 32.4 Å². The molecule has 2 atom stereocenters. The van der Waals surface area contributed by atoms with Gasteiger partial charge in [0.25, 0.3) is 0 Å². The summed E-state index contributed by atoms with van der Waals surface area (Å²) in [6, 6.07) is 22.2. The summed E-state index contributed by atoms with van der Waals surface area (Å²) in [5, 5.41) is 4.05. The van der Waals surface area contributed by atoms with Gasteiger partial charge in [0, 0.05) is 0 Å². The molecule has 1 amide bonds. The van der Waals surface area contributed by atoms with Gasteiger partial charge in [0.1, 0.15) is 0 Å². The number of fused-ring (bicyclic) bond motifs is 1. The quantitative estimate of drug-likeness (QED) is 0.404. The van der Waals surface area contributed by atoms with Crippen LogP contribution in [0.3, 0.4) is 0 Å². The van der Waals surface area contributed by atoms with Gasteiger partial charge in [-0.1, -0.05) is 0 Å². The van der Waals surface area contributed by atoms with E-state index in [0.29, 0.717) is 13.0 Å². The first-order valence-electron chi connectivity index (χ1n) is 10.8. The molecule has 1 aromatic heterocycles. The topological polar surface area (TPSA) is 45.9 Å². The molecule has 0 bridgehead atoms. The number of carbonyl (C=O) groups excluding carboxylic acids is 1. The fourth-order valence-electron chi connectivity index (χ4n) is 4.60. The number of furan rings is 1. The average Bonchev–Trinajstić information content (AvgIpc) is 3.51. The molecule has 5 rings (SSSR count). The summed E-state index contributed by atoms with van der Waals surface area (Å²) in [7, 11) is 0. The van der Waals surface area contributed by atoms with E-state index in [1.807, 2.05) is 42.3 Å². The van der Waals surface area contributed by atoms with Crippen molar-refractivity contribution in [1.29, 1.82) is 0 Å². The molecule has 0 aliphatic carbocycles. The molecule has 162 valence electrons. The van der Waals surface area contributed by atoms with Crippen LogP contribution in [0.2, 0.25) is 0 Å². The van der Waals surface area contributed by atoms with E-state index in [1.165, 1.54) is 24.9 Å². The van der Waals surface area contributed by atoms with Crippen LogP contribution in [0.15, 0.2) is 83.0 Å². The molecular weight excluding hydrogens is 572 g/mol. The number of ether oxygens (including phenoxy) is 1. The third-order valence-corrected chi connectivity index (χ3v) is 7.19. The third-order valence-electron chi connectivity index (χ3n) is 5.98. The zero-order valence-corrected chi connectivity index (χ0v) is 21.0. The van der Waals surface area contributed by atoms with Crippen molar-refractivity contribution >= 4 is 15.7 Å². The van der Waals surface area contributed by atoms with E-state index in [1.54, 1.807) is 6.26 Å². The summed E-state index contributed by atoms with van der Waals surface area (Å²) >= 11 is 1.23. The van der Waals surface area contributed by atoms with Crippen LogP contribution in [0, 0.1) is 6.92 Å². The summed E-state index contributed by atoms with van der Waals surface area (Å²) in [5.74, 6) is 0.890. The van der Waals surface area contributed by atoms with E-state index >= 15 is 0 Å². The minimum atomic E-state index is -0.239. The zero-order valence-electron chi connectivity index (χ0n) is 18.0. The predicted molar refractivity (Wildman–Crippen MR) is 119 cm³/mol. The van der Waals surface area contributed by atoms with Crippen molar-refractivity contribution in [3.8, 4) is 0 Å². The van der Waals surface area contributed by atoms with Gasteiger partial charge in [-0.05, 0) is 0 Å². The molecule has 0 radical (unpaired) electrons. The molecule has 0 spiro atoms. The van der Waals surface area contributed by atoms with Crippen molar-refractivity contribution in [3.05, 3.63) is 101 Å². The van der Waals surface area contributed by atoms with Crippen molar-refractivity contribution < 1.29 is 33.3 Å². The number of hydrogen-bond donors (Lipinski definition) is 0. The Labute approximate surface area is 198 Å². The number of hydrazine groups is 1. The Kier molecular flexibility index (Phi) is 5.81. The summed E-state index contributed by atoms with van der Waals surface area (Å²) in [6.07, 6.45) is 2.11. The van der Waals surface area contributed by atoms with E-state index in [4.69, 9.17) is 9.15 Å². The monoisotopic (exact) mass is 596 g/mol. The van der Waals surface area contributed by atoms with Crippen LogP contribution in [0.5, 0.6) is 0 Å². The first-order chi connectivity index (χ1) is 15.6. The number of carbonyl (C=O) groups is 1. The average molecular weight is 596 g/mol. The van der Waals surface area contributed by atoms with E-state index < -0.39 is 0 Å². The molecule has 0 N–H and O–H groups in total. The second-order valence-electron chi connectivity index (χ2n) is 7.98. The van der Waals surface area contributed by atoms with Crippen LogP contribution < -0.4 is 0 Å².